The van der Waals surface area contributed by atoms with Crippen molar-refractivity contribution in [2.24, 2.45) is 0 Å². The summed E-state index contributed by atoms with van der Waals surface area (Å²) in [4.78, 5) is 9.21. The number of hydrogen-bond acceptors (Lipinski definition) is 2. The zero-order valence-electron chi connectivity index (χ0n) is 15.7. The summed E-state index contributed by atoms with van der Waals surface area (Å²) < 4.78 is 0. The van der Waals surface area contributed by atoms with Gasteiger partial charge in [0.2, 0.25) is 0 Å². The highest BCUT2D eigenvalue weighted by Gasteiger charge is 2.18. The van der Waals surface area contributed by atoms with Crippen LogP contribution in [0.1, 0.15) is 11.4 Å². The van der Waals surface area contributed by atoms with Crippen LogP contribution in [0.5, 0.6) is 0 Å². The van der Waals surface area contributed by atoms with E-state index in [1.807, 2.05) is 12.4 Å². The number of fused-ring (bicyclic) bond motifs is 2. The van der Waals surface area contributed by atoms with Gasteiger partial charge < -0.3 is 0 Å². The molecular weight excluding hydrogens is 340 g/mol. The van der Waals surface area contributed by atoms with E-state index in [0.717, 1.165) is 11.4 Å². The molecule has 7 rings (SSSR count). The third-order valence-corrected chi connectivity index (χ3v) is 6.51. The molecule has 5 aromatic carbocycles. The summed E-state index contributed by atoms with van der Waals surface area (Å²) in [7, 11) is 0. The van der Waals surface area contributed by atoms with Crippen molar-refractivity contribution >= 4 is 64.6 Å². The van der Waals surface area contributed by atoms with Gasteiger partial charge in [0, 0.05) is 56.1 Å². The van der Waals surface area contributed by atoms with Crippen molar-refractivity contribution in [2.45, 2.75) is 13.8 Å². The third-order valence-electron chi connectivity index (χ3n) is 6.51. The predicted octanol–water partition coefficient (Wildman–Crippen LogP) is 6.89. The minimum Gasteiger partial charge on any atom is -0.263 e. The second-order valence-electron chi connectivity index (χ2n) is 7.92. The van der Waals surface area contributed by atoms with Crippen LogP contribution < -0.4 is 0 Å². The Morgan fingerprint density at radius 1 is 0.464 bits per heavy atom. The fourth-order valence-corrected chi connectivity index (χ4v) is 5.33. The Kier molecular flexibility index (Phi) is 2.42. The van der Waals surface area contributed by atoms with Gasteiger partial charge in [-0.15, -0.1) is 0 Å². The van der Waals surface area contributed by atoms with E-state index in [1.165, 1.54) is 64.6 Å². The van der Waals surface area contributed by atoms with Gasteiger partial charge >= 0.3 is 0 Å². The summed E-state index contributed by atoms with van der Waals surface area (Å²) in [6.07, 6.45) is 3.95. The van der Waals surface area contributed by atoms with E-state index < -0.39 is 0 Å². The summed E-state index contributed by atoms with van der Waals surface area (Å²) in [5, 5.41) is 15.7. The number of hydrogen-bond donors (Lipinski definition) is 0. The van der Waals surface area contributed by atoms with Gasteiger partial charge in [-0.25, -0.2) is 0 Å². The fraction of sp³-hybridized carbons (Fsp3) is 0.0769. The maximum Gasteiger partial charge on any atom is 0.0454 e. The topological polar surface area (TPSA) is 25.8 Å². The van der Waals surface area contributed by atoms with Gasteiger partial charge in [0.1, 0.15) is 0 Å². The molecule has 0 aliphatic carbocycles. The maximum absolute atomic E-state index is 4.79. The van der Waals surface area contributed by atoms with Crippen LogP contribution in [0.2, 0.25) is 0 Å². The second-order valence-corrected chi connectivity index (χ2v) is 7.92. The van der Waals surface area contributed by atoms with Gasteiger partial charge in [-0.1, -0.05) is 48.5 Å². The molecule has 130 valence electrons. The molecule has 0 spiro atoms. The Labute approximate surface area is 161 Å². The average molecular weight is 356 g/mol. The van der Waals surface area contributed by atoms with E-state index in [1.54, 1.807) is 0 Å². The minimum absolute atomic E-state index is 1.11. The van der Waals surface area contributed by atoms with Crippen LogP contribution in [0.4, 0.5) is 0 Å². The molecule has 0 aliphatic rings. The SMILES string of the molecule is Cc1nc(C)c2ccc3c4ccc5cncc6ccc(c7ccc1c2c73)c4c65. The zero-order valence-corrected chi connectivity index (χ0v) is 15.7. The molecule has 2 nitrogen and oxygen atoms in total. The van der Waals surface area contributed by atoms with Crippen molar-refractivity contribution in [1.29, 1.82) is 0 Å². The molecule has 0 N–H and O–H groups in total. The van der Waals surface area contributed by atoms with Gasteiger partial charge in [0.25, 0.3) is 0 Å². The van der Waals surface area contributed by atoms with E-state index in [9.17, 15) is 0 Å². The summed E-state index contributed by atoms with van der Waals surface area (Å²) in [5.41, 5.74) is 2.21. The van der Waals surface area contributed by atoms with Crippen molar-refractivity contribution in [3.05, 3.63) is 72.3 Å². The molecule has 0 saturated carbocycles. The van der Waals surface area contributed by atoms with Crippen LogP contribution in [0.15, 0.2) is 60.9 Å². The molecule has 0 amide bonds. The first-order valence-electron chi connectivity index (χ1n) is 9.68. The Morgan fingerprint density at radius 2 is 0.857 bits per heavy atom. The smallest absolute Gasteiger partial charge is 0.0454 e. The number of aromatic nitrogens is 2. The zero-order chi connectivity index (χ0) is 18.6. The van der Waals surface area contributed by atoms with Crippen molar-refractivity contribution in [2.75, 3.05) is 0 Å². The first-order chi connectivity index (χ1) is 13.7. The maximum atomic E-state index is 4.79. The molecule has 0 atom stereocenters. The van der Waals surface area contributed by atoms with E-state index in [-0.39, 0.29) is 0 Å². The van der Waals surface area contributed by atoms with Crippen LogP contribution in [0.3, 0.4) is 0 Å². The Balaban J connectivity index is 1.91. The molecule has 2 aromatic heterocycles. The van der Waals surface area contributed by atoms with Crippen molar-refractivity contribution in [3.63, 3.8) is 0 Å². The normalized spacial score (nSPS) is 12.6. The molecule has 2 heterocycles. The number of aryl methyl sites for hydroxylation is 2. The van der Waals surface area contributed by atoms with Crippen molar-refractivity contribution in [1.82, 2.24) is 9.97 Å². The molecule has 0 bridgehead atoms. The quantitative estimate of drug-likeness (QED) is 0.218. The van der Waals surface area contributed by atoms with Gasteiger partial charge in [-0.3, -0.25) is 9.97 Å². The average Bonchev–Trinajstić information content (AvgIpc) is 2.72. The summed E-state index contributed by atoms with van der Waals surface area (Å²) in [6, 6.07) is 18.1. The summed E-state index contributed by atoms with van der Waals surface area (Å²) in [5.74, 6) is 0. The van der Waals surface area contributed by atoms with Gasteiger partial charge in [0.15, 0.2) is 0 Å². The largest absolute Gasteiger partial charge is 0.263 e. The highest BCUT2D eigenvalue weighted by Crippen LogP contribution is 2.45. The number of nitrogens with zero attached hydrogens (tertiary/aromatic N) is 2. The van der Waals surface area contributed by atoms with Crippen LogP contribution >= 0.6 is 0 Å². The van der Waals surface area contributed by atoms with Crippen LogP contribution in [0.25, 0.3) is 64.6 Å². The molecule has 0 saturated heterocycles. The lowest BCUT2D eigenvalue weighted by molar-refractivity contribution is 1.17. The molecule has 7 aromatic rings. The van der Waals surface area contributed by atoms with Gasteiger partial charge in [0.05, 0.1) is 0 Å². The summed E-state index contributed by atoms with van der Waals surface area (Å²) >= 11 is 0. The Morgan fingerprint density at radius 3 is 1.39 bits per heavy atom. The Bertz CT molecular complexity index is 1610. The molecular formula is C26H16N2. The molecule has 0 radical (unpaired) electrons. The van der Waals surface area contributed by atoms with Crippen LogP contribution in [0, 0.1) is 13.8 Å². The lowest BCUT2D eigenvalue weighted by Crippen LogP contribution is -1.95. The minimum atomic E-state index is 1.11. The van der Waals surface area contributed by atoms with Crippen molar-refractivity contribution < 1.29 is 0 Å². The summed E-state index contributed by atoms with van der Waals surface area (Å²) in [6.45, 7) is 4.24. The first kappa shape index (κ1) is 14.5. The third kappa shape index (κ3) is 1.52. The van der Waals surface area contributed by atoms with E-state index in [2.05, 4.69) is 67.4 Å². The number of rotatable bonds is 0. The molecule has 0 aliphatic heterocycles. The van der Waals surface area contributed by atoms with Crippen molar-refractivity contribution in [3.8, 4) is 0 Å². The Hall–Kier alpha value is -3.52. The number of benzene rings is 5. The second kappa shape index (κ2) is 4.66. The lowest BCUT2D eigenvalue weighted by atomic mass is 9.85. The van der Waals surface area contributed by atoms with Gasteiger partial charge in [-0.2, -0.15) is 0 Å². The standard InChI is InChI=1S/C26H16N2/c1-13-17-7-9-21-19-5-3-15-11-27-12-16-4-6-20(25(19)23(15)16)22-10-8-18(14(2)28-13)24(17)26(21)22/h3-12H,1-2H3. The first-order valence-corrected chi connectivity index (χ1v) is 9.68. The molecule has 0 unspecified atom stereocenters. The lowest BCUT2D eigenvalue weighted by Gasteiger charge is -2.19. The van der Waals surface area contributed by atoms with E-state index in [4.69, 9.17) is 4.98 Å². The molecule has 0 fully saturated rings. The monoisotopic (exact) mass is 356 g/mol. The molecule has 28 heavy (non-hydrogen) atoms. The highest BCUT2D eigenvalue weighted by atomic mass is 14.7. The molecule has 2 heteroatoms. The van der Waals surface area contributed by atoms with E-state index in [0.29, 0.717) is 0 Å². The predicted molar refractivity (Wildman–Crippen MR) is 119 cm³/mol. The number of pyridine rings is 2. The van der Waals surface area contributed by atoms with Crippen LogP contribution in [-0.4, -0.2) is 9.97 Å². The highest BCUT2D eigenvalue weighted by molar-refractivity contribution is 6.39. The van der Waals surface area contributed by atoms with Crippen LogP contribution in [-0.2, 0) is 0 Å². The van der Waals surface area contributed by atoms with Gasteiger partial charge in [-0.05, 0) is 46.2 Å². The van der Waals surface area contributed by atoms with E-state index >= 15 is 0 Å². The fourth-order valence-electron chi connectivity index (χ4n) is 5.33.